The standard InChI is InChI=1S/C18H15FN4O2S2/c1-12(24)23(15-6-4-3-5-14(15)19)18-21-13(11-27-18)7-8-16(25)22(2)17-20-9-10-26-17/h3-11H,1-2H3/b8-7+. The van der Waals surface area contributed by atoms with E-state index in [9.17, 15) is 14.0 Å². The van der Waals surface area contributed by atoms with E-state index in [0.717, 1.165) is 0 Å². The molecule has 0 saturated heterocycles. The molecule has 2 amide bonds. The van der Waals surface area contributed by atoms with E-state index in [0.29, 0.717) is 16.0 Å². The Kier molecular flexibility index (Phi) is 5.72. The van der Waals surface area contributed by atoms with Crippen molar-refractivity contribution in [3.05, 3.63) is 58.8 Å². The minimum atomic E-state index is -0.514. The maximum absolute atomic E-state index is 14.1. The molecule has 2 heterocycles. The molecular formula is C18H15FN4O2S2. The molecule has 9 heteroatoms. The van der Waals surface area contributed by atoms with Crippen LogP contribution in [0.15, 0.2) is 47.3 Å². The lowest BCUT2D eigenvalue weighted by atomic mass is 10.3. The summed E-state index contributed by atoms with van der Waals surface area (Å²) < 4.78 is 14.1. The normalized spacial score (nSPS) is 10.9. The van der Waals surface area contributed by atoms with E-state index in [1.165, 1.54) is 57.6 Å². The van der Waals surface area contributed by atoms with Crippen molar-refractivity contribution in [3.63, 3.8) is 0 Å². The molecular weight excluding hydrogens is 387 g/mol. The molecule has 2 aromatic heterocycles. The number of amides is 2. The molecule has 0 spiro atoms. The van der Waals surface area contributed by atoms with Crippen LogP contribution >= 0.6 is 22.7 Å². The zero-order valence-corrected chi connectivity index (χ0v) is 16.1. The van der Waals surface area contributed by atoms with E-state index in [4.69, 9.17) is 0 Å². The molecule has 0 fully saturated rings. The zero-order valence-electron chi connectivity index (χ0n) is 14.5. The number of benzene rings is 1. The van der Waals surface area contributed by atoms with E-state index in [2.05, 4.69) is 9.97 Å². The molecule has 1 aromatic carbocycles. The fourth-order valence-corrected chi connectivity index (χ4v) is 3.70. The highest BCUT2D eigenvalue weighted by atomic mass is 32.1. The van der Waals surface area contributed by atoms with Crippen LogP contribution in [-0.4, -0.2) is 28.8 Å². The van der Waals surface area contributed by atoms with Gasteiger partial charge in [-0.25, -0.2) is 14.4 Å². The topological polar surface area (TPSA) is 66.4 Å². The molecule has 0 atom stereocenters. The highest BCUT2D eigenvalue weighted by Crippen LogP contribution is 2.31. The summed E-state index contributed by atoms with van der Waals surface area (Å²) in [6.07, 6.45) is 4.55. The van der Waals surface area contributed by atoms with Crippen LogP contribution < -0.4 is 9.80 Å². The summed E-state index contributed by atoms with van der Waals surface area (Å²) in [5.41, 5.74) is 0.632. The molecule has 3 aromatic rings. The van der Waals surface area contributed by atoms with E-state index < -0.39 is 5.82 Å². The van der Waals surface area contributed by atoms with Crippen LogP contribution in [0.25, 0.3) is 6.08 Å². The number of likely N-dealkylation sites (N-methyl/N-ethyl adjacent to an activating group) is 1. The first kappa shape index (κ1) is 18.9. The third-order valence-corrected chi connectivity index (χ3v) is 5.23. The van der Waals surface area contributed by atoms with Crippen molar-refractivity contribution in [2.45, 2.75) is 6.92 Å². The van der Waals surface area contributed by atoms with Crippen molar-refractivity contribution in [1.82, 2.24) is 9.97 Å². The van der Waals surface area contributed by atoms with Crippen LogP contribution in [-0.2, 0) is 9.59 Å². The second-order valence-corrected chi connectivity index (χ2v) is 7.12. The molecule has 0 aliphatic rings. The summed E-state index contributed by atoms with van der Waals surface area (Å²) in [5, 5.41) is 4.40. The largest absolute Gasteiger partial charge is 0.288 e. The van der Waals surface area contributed by atoms with Crippen LogP contribution in [0.3, 0.4) is 0 Å². The summed E-state index contributed by atoms with van der Waals surface area (Å²) in [5.74, 6) is -1.12. The Hall–Kier alpha value is -2.91. The van der Waals surface area contributed by atoms with Gasteiger partial charge >= 0.3 is 0 Å². The van der Waals surface area contributed by atoms with Gasteiger partial charge in [-0.2, -0.15) is 0 Å². The summed E-state index contributed by atoms with van der Waals surface area (Å²) in [4.78, 5) is 35.3. The number of hydrogen-bond acceptors (Lipinski definition) is 6. The highest BCUT2D eigenvalue weighted by molar-refractivity contribution is 7.14. The van der Waals surface area contributed by atoms with Crippen LogP contribution in [0.2, 0.25) is 0 Å². The number of rotatable bonds is 5. The molecule has 138 valence electrons. The minimum Gasteiger partial charge on any atom is -0.288 e. The SMILES string of the molecule is CC(=O)N(c1nc(/C=C/C(=O)N(C)c2nccs2)cs1)c1ccccc1F. The number of para-hydroxylation sites is 1. The molecule has 27 heavy (non-hydrogen) atoms. The van der Waals surface area contributed by atoms with E-state index in [1.54, 1.807) is 42.2 Å². The number of hydrogen-bond donors (Lipinski definition) is 0. The first-order valence-corrected chi connectivity index (χ1v) is 9.59. The first-order valence-electron chi connectivity index (χ1n) is 7.83. The van der Waals surface area contributed by atoms with Gasteiger partial charge in [0.15, 0.2) is 10.3 Å². The summed E-state index contributed by atoms with van der Waals surface area (Å²) >= 11 is 2.55. The molecule has 0 bridgehead atoms. The van der Waals surface area contributed by atoms with Crippen molar-refractivity contribution < 1.29 is 14.0 Å². The third-order valence-electron chi connectivity index (χ3n) is 3.54. The second kappa shape index (κ2) is 8.19. The minimum absolute atomic E-state index is 0.134. The van der Waals surface area contributed by atoms with Gasteiger partial charge in [0.05, 0.1) is 11.4 Å². The fourth-order valence-electron chi connectivity index (χ4n) is 2.24. The second-order valence-electron chi connectivity index (χ2n) is 5.41. The lowest BCUT2D eigenvalue weighted by Crippen LogP contribution is -2.24. The Morgan fingerprint density at radius 3 is 2.63 bits per heavy atom. The van der Waals surface area contributed by atoms with Crippen molar-refractivity contribution in [3.8, 4) is 0 Å². The number of aromatic nitrogens is 2. The summed E-state index contributed by atoms with van der Waals surface area (Å²) in [6.45, 7) is 1.34. The molecule has 0 aliphatic carbocycles. The van der Waals surface area contributed by atoms with Gasteiger partial charge in [0, 0.05) is 37.0 Å². The van der Waals surface area contributed by atoms with Crippen LogP contribution in [0.4, 0.5) is 20.3 Å². The number of anilines is 3. The Labute approximate surface area is 163 Å². The maximum Gasteiger partial charge on any atom is 0.252 e. The smallest absolute Gasteiger partial charge is 0.252 e. The molecule has 0 saturated carbocycles. The predicted molar refractivity (Wildman–Crippen MR) is 106 cm³/mol. The van der Waals surface area contributed by atoms with Gasteiger partial charge in [0.25, 0.3) is 5.91 Å². The van der Waals surface area contributed by atoms with Gasteiger partial charge in [0.2, 0.25) is 5.91 Å². The van der Waals surface area contributed by atoms with Crippen molar-refractivity contribution >= 4 is 56.5 Å². The molecule has 0 unspecified atom stereocenters. The van der Waals surface area contributed by atoms with Gasteiger partial charge in [-0.3, -0.25) is 19.4 Å². The van der Waals surface area contributed by atoms with Crippen LogP contribution in [0, 0.1) is 5.82 Å². The van der Waals surface area contributed by atoms with E-state index in [-0.39, 0.29) is 17.5 Å². The fraction of sp³-hybridized carbons (Fsp3) is 0.111. The quantitative estimate of drug-likeness (QED) is 0.603. The van der Waals surface area contributed by atoms with Gasteiger partial charge in [-0.05, 0) is 18.2 Å². The molecule has 3 rings (SSSR count). The lowest BCUT2D eigenvalue weighted by Gasteiger charge is -2.18. The number of halogens is 1. The molecule has 0 radical (unpaired) electrons. The third kappa shape index (κ3) is 4.26. The Morgan fingerprint density at radius 1 is 1.19 bits per heavy atom. The van der Waals surface area contributed by atoms with Crippen molar-refractivity contribution in [2.24, 2.45) is 0 Å². The maximum atomic E-state index is 14.1. The van der Waals surface area contributed by atoms with Gasteiger partial charge in [-0.1, -0.05) is 12.1 Å². The number of thiazole rings is 2. The van der Waals surface area contributed by atoms with Gasteiger partial charge in [-0.15, -0.1) is 22.7 Å². The van der Waals surface area contributed by atoms with Gasteiger partial charge in [0.1, 0.15) is 5.82 Å². The predicted octanol–water partition coefficient (Wildman–Crippen LogP) is 4.10. The van der Waals surface area contributed by atoms with Crippen molar-refractivity contribution in [2.75, 3.05) is 16.8 Å². The first-order chi connectivity index (χ1) is 13.0. The summed E-state index contributed by atoms with van der Waals surface area (Å²) in [7, 11) is 1.63. The van der Waals surface area contributed by atoms with Crippen LogP contribution in [0.1, 0.15) is 12.6 Å². The average Bonchev–Trinajstić information content (AvgIpc) is 3.33. The van der Waals surface area contributed by atoms with Gasteiger partial charge < -0.3 is 0 Å². The van der Waals surface area contributed by atoms with E-state index in [1.807, 2.05) is 0 Å². The average molecular weight is 402 g/mol. The highest BCUT2D eigenvalue weighted by Gasteiger charge is 2.20. The lowest BCUT2D eigenvalue weighted by molar-refractivity contribution is -0.116. The number of carbonyl (C=O) groups excluding carboxylic acids is 2. The summed E-state index contributed by atoms with van der Waals surface area (Å²) in [6, 6.07) is 6.00. The van der Waals surface area contributed by atoms with Crippen LogP contribution in [0.5, 0.6) is 0 Å². The molecule has 6 nitrogen and oxygen atoms in total. The van der Waals surface area contributed by atoms with E-state index >= 15 is 0 Å². The monoisotopic (exact) mass is 402 g/mol. The number of nitrogens with zero attached hydrogens (tertiary/aromatic N) is 4. The Bertz CT molecular complexity index is 985. The van der Waals surface area contributed by atoms with Crippen molar-refractivity contribution in [1.29, 1.82) is 0 Å². The Morgan fingerprint density at radius 2 is 1.96 bits per heavy atom. The Balaban J connectivity index is 1.80. The number of carbonyl (C=O) groups is 2. The molecule has 0 N–H and O–H groups in total. The zero-order chi connectivity index (χ0) is 19.4. The molecule has 0 aliphatic heterocycles.